The van der Waals surface area contributed by atoms with Gasteiger partial charge in [0.05, 0.1) is 19.8 Å². The fraction of sp³-hybridized carbons (Fsp3) is 0.415. The lowest BCUT2D eigenvalue weighted by Crippen LogP contribution is -2.26. The van der Waals surface area contributed by atoms with Crippen LogP contribution in [0, 0.1) is 5.92 Å². The molecule has 0 N–H and O–H groups in total. The van der Waals surface area contributed by atoms with E-state index in [0.717, 1.165) is 36.9 Å². The molecular formula is C41H50O5. The SMILES string of the molecule is CCOCCOc1ccc(C(C)(c2ccc(OCC(C)CC)cc2)c2ccc(C(C)(C)c3ccc(OCC4CO4)cc3)cc2)cc1. The molecule has 0 radical (unpaired) electrons. The first kappa shape index (κ1) is 33.6. The molecule has 1 heterocycles. The quantitative estimate of drug-likeness (QED) is 0.0668. The van der Waals surface area contributed by atoms with Crippen LogP contribution in [0.3, 0.4) is 0 Å². The van der Waals surface area contributed by atoms with Crippen LogP contribution in [0.5, 0.6) is 17.2 Å². The first-order chi connectivity index (χ1) is 22.2. The Balaban J connectivity index is 1.41. The molecule has 0 aliphatic carbocycles. The summed E-state index contributed by atoms with van der Waals surface area (Å²) in [5.41, 5.74) is 5.53. The van der Waals surface area contributed by atoms with E-state index in [4.69, 9.17) is 23.7 Å². The van der Waals surface area contributed by atoms with Gasteiger partial charge in [0.25, 0.3) is 0 Å². The van der Waals surface area contributed by atoms with Crippen molar-refractivity contribution in [1.82, 2.24) is 0 Å². The van der Waals surface area contributed by atoms with Crippen molar-refractivity contribution < 1.29 is 23.7 Å². The number of benzene rings is 4. The van der Waals surface area contributed by atoms with E-state index in [2.05, 4.69) is 132 Å². The van der Waals surface area contributed by atoms with E-state index in [9.17, 15) is 0 Å². The standard InChI is InChI=1S/C41H50O5/c1-7-30(3)27-44-37-23-17-35(18-24-37)41(6,34-15-21-36(22-16-34)43-26-25-42-8-2)33-11-9-31(10-12-33)40(4,5)32-13-19-38(20-14-32)45-28-39-29-46-39/h9-24,30,39H,7-8,25-29H2,1-6H3. The van der Waals surface area contributed by atoms with Crippen molar-refractivity contribution in [3.8, 4) is 17.2 Å². The molecule has 3 unspecified atom stereocenters. The molecule has 4 aromatic rings. The van der Waals surface area contributed by atoms with Crippen molar-refractivity contribution in [1.29, 1.82) is 0 Å². The molecular weight excluding hydrogens is 572 g/mol. The fourth-order valence-corrected chi connectivity index (χ4v) is 5.70. The molecule has 3 atom stereocenters. The summed E-state index contributed by atoms with van der Waals surface area (Å²) in [6, 6.07) is 34.7. The Morgan fingerprint density at radius 2 is 1.07 bits per heavy atom. The zero-order chi connectivity index (χ0) is 32.6. The molecule has 4 aromatic carbocycles. The van der Waals surface area contributed by atoms with Crippen LogP contribution in [0.1, 0.15) is 75.8 Å². The first-order valence-electron chi connectivity index (χ1n) is 16.7. The first-order valence-corrected chi connectivity index (χ1v) is 16.7. The number of ether oxygens (including phenoxy) is 5. The Hall–Kier alpha value is -3.80. The third kappa shape index (κ3) is 8.12. The largest absolute Gasteiger partial charge is 0.493 e. The molecule has 1 saturated heterocycles. The van der Waals surface area contributed by atoms with E-state index in [-0.39, 0.29) is 11.5 Å². The maximum atomic E-state index is 6.10. The summed E-state index contributed by atoms with van der Waals surface area (Å²) < 4.78 is 28.6. The minimum absolute atomic E-state index is 0.178. The lowest BCUT2D eigenvalue weighted by atomic mass is 9.70. The normalized spacial score (nSPS) is 16.3. The Kier molecular flexibility index (Phi) is 11.1. The molecule has 1 aliphatic rings. The number of epoxide rings is 1. The fourth-order valence-electron chi connectivity index (χ4n) is 5.70. The molecule has 5 heteroatoms. The van der Waals surface area contributed by atoms with Crippen molar-refractivity contribution in [3.05, 3.63) is 125 Å². The predicted octanol–water partition coefficient (Wildman–Crippen LogP) is 8.98. The Morgan fingerprint density at radius 3 is 1.54 bits per heavy atom. The number of rotatable bonds is 17. The van der Waals surface area contributed by atoms with E-state index < -0.39 is 5.41 Å². The van der Waals surface area contributed by atoms with Crippen LogP contribution in [0.25, 0.3) is 0 Å². The van der Waals surface area contributed by atoms with Gasteiger partial charge in [0.2, 0.25) is 0 Å². The highest BCUT2D eigenvalue weighted by atomic mass is 16.6. The Labute approximate surface area is 275 Å². The van der Waals surface area contributed by atoms with Gasteiger partial charge in [0, 0.05) is 17.4 Å². The predicted molar refractivity (Wildman–Crippen MR) is 186 cm³/mol. The lowest BCUT2D eigenvalue weighted by molar-refractivity contribution is 0.110. The van der Waals surface area contributed by atoms with Crippen LogP contribution in [-0.2, 0) is 20.3 Å². The molecule has 0 spiro atoms. The van der Waals surface area contributed by atoms with Gasteiger partial charge < -0.3 is 23.7 Å². The molecule has 0 bridgehead atoms. The van der Waals surface area contributed by atoms with E-state index in [1.54, 1.807) is 0 Å². The van der Waals surface area contributed by atoms with E-state index >= 15 is 0 Å². The minimum Gasteiger partial charge on any atom is -0.493 e. The zero-order valence-corrected chi connectivity index (χ0v) is 28.4. The average molecular weight is 623 g/mol. The van der Waals surface area contributed by atoms with Gasteiger partial charge >= 0.3 is 0 Å². The molecule has 0 aromatic heterocycles. The van der Waals surface area contributed by atoms with Crippen LogP contribution in [0.4, 0.5) is 0 Å². The maximum absolute atomic E-state index is 6.10. The smallest absolute Gasteiger partial charge is 0.119 e. The second kappa shape index (κ2) is 15.2. The van der Waals surface area contributed by atoms with Crippen LogP contribution in [0.2, 0.25) is 0 Å². The summed E-state index contributed by atoms with van der Waals surface area (Å²) in [6.45, 7) is 17.2. The van der Waals surface area contributed by atoms with Gasteiger partial charge in [-0.15, -0.1) is 0 Å². The van der Waals surface area contributed by atoms with Crippen molar-refractivity contribution in [2.75, 3.05) is 39.6 Å². The molecule has 0 amide bonds. The van der Waals surface area contributed by atoms with Crippen molar-refractivity contribution in [3.63, 3.8) is 0 Å². The van der Waals surface area contributed by atoms with Gasteiger partial charge in [0.1, 0.15) is 36.6 Å². The highest BCUT2D eigenvalue weighted by Gasteiger charge is 2.32. The molecule has 1 fully saturated rings. The summed E-state index contributed by atoms with van der Waals surface area (Å²) in [7, 11) is 0. The highest BCUT2D eigenvalue weighted by Crippen LogP contribution is 2.41. The second-order valence-electron chi connectivity index (χ2n) is 13.0. The average Bonchev–Trinajstić information content (AvgIpc) is 3.93. The van der Waals surface area contributed by atoms with E-state index in [1.165, 1.54) is 27.8 Å². The van der Waals surface area contributed by atoms with Crippen molar-refractivity contribution >= 4 is 0 Å². The molecule has 0 saturated carbocycles. The minimum atomic E-state index is -0.397. The number of hydrogen-bond donors (Lipinski definition) is 0. The highest BCUT2D eigenvalue weighted by molar-refractivity contribution is 5.52. The van der Waals surface area contributed by atoms with Crippen LogP contribution >= 0.6 is 0 Å². The topological polar surface area (TPSA) is 49.5 Å². The molecule has 244 valence electrons. The zero-order valence-electron chi connectivity index (χ0n) is 28.4. The van der Waals surface area contributed by atoms with Gasteiger partial charge in [-0.25, -0.2) is 0 Å². The Morgan fingerprint density at radius 1 is 0.630 bits per heavy atom. The van der Waals surface area contributed by atoms with Crippen LogP contribution < -0.4 is 14.2 Å². The summed E-state index contributed by atoms with van der Waals surface area (Å²) >= 11 is 0. The summed E-state index contributed by atoms with van der Waals surface area (Å²) in [4.78, 5) is 0. The molecule has 5 rings (SSSR count). The van der Waals surface area contributed by atoms with Crippen molar-refractivity contribution in [2.24, 2.45) is 5.92 Å². The third-order valence-corrected chi connectivity index (χ3v) is 9.39. The van der Waals surface area contributed by atoms with E-state index in [1.807, 2.05) is 6.92 Å². The van der Waals surface area contributed by atoms with Gasteiger partial charge in [0.15, 0.2) is 0 Å². The molecule has 5 nitrogen and oxygen atoms in total. The second-order valence-corrected chi connectivity index (χ2v) is 13.0. The maximum Gasteiger partial charge on any atom is 0.119 e. The van der Waals surface area contributed by atoms with Gasteiger partial charge in [-0.1, -0.05) is 94.8 Å². The lowest BCUT2D eigenvalue weighted by Gasteiger charge is -2.33. The summed E-state index contributed by atoms with van der Waals surface area (Å²) in [6.07, 6.45) is 1.35. The monoisotopic (exact) mass is 622 g/mol. The van der Waals surface area contributed by atoms with Gasteiger partial charge in [-0.3, -0.25) is 0 Å². The molecule has 46 heavy (non-hydrogen) atoms. The van der Waals surface area contributed by atoms with Crippen LogP contribution in [-0.4, -0.2) is 45.7 Å². The van der Waals surface area contributed by atoms with Gasteiger partial charge in [-0.05, 0) is 84.0 Å². The molecule has 1 aliphatic heterocycles. The van der Waals surface area contributed by atoms with Crippen molar-refractivity contribution in [2.45, 2.75) is 64.9 Å². The van der Waals surface area contributed by atoms with E-state index in [0.29, 0.717) is 32.3 Å². The van der Waals surface area contributed by atoms with Crippen LogP contribution in [0.15, 0.2) is 97.1 Å². The van der Waals surface area contributed by atoms with Gasteiger partial charge in [-0.2, -0.15) is 0 Å². The third-order valence-electron chi connectivity index (χ3n) is 9.39. The summed E-state index contributed by atoms with van der Waals surface area (Å²) in [5.74, 6) is 3.15. The number of hydrogen-bond acceptors (Lipinski definition) is 5. The Bertz CT molecular complexity index is 1490. The summed E-state index contributed by atoms with van der Waals surface area (Å²) in [5, 5.41) is 0.